The molecule has 3 rings (SSSR count). The standard InChI is InChI=1S/C21H17NO4S/c1-15-10-12-17(13-11-15)27(24,25)21-18(19(23)14-22)8-5-9-20(21)26-16-6-3-2-4-7-16/h2-13,19,23H,1H3. The fourth-order valence-corrected chi connectivity index (χ4v) is 4.23. The van der Waals surface area contributed by atoms with Crippen molar-refractivity contribution >= 4 is 9.84 Å². The van der Waals surface area contributed by atoms with Crippen molar-refractivity contribution in [2.24, 2.45) is 0 Å². The number of nitriles is 1. The number of nitrogens with zero attached hydrogens (tertiary/aromatic N) is 1. The van der Waals surface area contributed by atoms with Crippen molar-refractivity contribution in [2.75, 3.05) is 0 Å². The number of para-hydroxylation sites is 1. The summed E-state index contributed by atoms with van der Waals surface area (Å²) in [5.41, 5.74) is 0.895. The van der Waals surface area contributed by atoms with Crippen LogP contribution in [0.15, 0.2) is 82.6 Å². The highest BCUT2D eigenvalue weighted by Gasteiger charge is 2.29. The third-order valence-electron chi connectivity index (χ3n) is 4.00. The summed E-state index contributed by atoms with van der Waals surface area (Å²) in [6.07, 6.45) is -1.60. The molecule has 0 fully saturated rings. The lowest BCUT2D eigenvalue weighted by Gasteiger charge is -2.16. The summed E-state index contributed by atoms with van der Waals surface area (Å²) >= 11 is 0. The molecule has 0 aliphatic rings. The van der Waals surface area contributed by atoms with Crippen LogP contribution in [0.25, 0.3) is 0 Å². The Bertz CT molecular complexity index is 1090. The first kappa shape index (κ1) is 18.6. The van der Waals surface area contributed by atoms with Gasteiger partial charge in [0, 0.05) is 5.56 Å². The van der Waals surface area contributed by atoms with Gasteiger partial charge in [-0.1, -0.05) is 48.0 Å². The Morgan fingerprint density at radius 2 is 1.63 bits per heavy atom. The summed E-state index contributed by atoms with van der Waals surface area (Å²) in [6, 6.07) is 21.2. The molecule has 0 aromatic heterocycles. The van der Waals surface area contributed by atoms with Crippen molar-refractivity contribution in [3.63, 3.8) is 0 Å². The smallest absolute Gasteiger partial charge is 0.210 e. The average molecular weight is 379 g/mol. The first-order valence-electron chi connectivity index (χ1n) is 8.19. The number of hydrogen-bond donors (Lipinski definition) is 1. The van der Waals surface area contributed by atoms with Crippen molar-refractivity contribution in [1.29, 1.82) is 5.26 Å². The van der Waals surface area contributed by atoms with Crippen LogP contribution in [0.3, 0.4) is 0 Å². The number of aryl methyl sites for hydroxylation is 1. The number of aliphatic hydroxyl groups excluding tert-OH is 1. The number of ether oxygens (including phenoxy) is 1. The highest BCUT2D eigenvalue weighted by molar-refractivity contribution is 7.91. The molecule has 0 saturated heterocycles. The summed E-state index contributed by atoms with van der Waals surface area (Å²) in [7, 11) is -4.03. The summed E-state index contributed by atoms with van der Waals surface area (Å²) in [5.74, 6) is 0.495. The molecule has 0 aliphatic carbocycles. The zero-order valence-electron chi connectivity index (χ0n) is 14.5. The van der Waals surface area contributed by atoms with Crippen LogP contribution in [0.1, 0.15) is 17.2 Å². The topological polar surface area (TPSA) is 87.4 Å². The van der Waals surface area contributed by atoms with Crippen molar-refractivity contribution in [3.8, 4) is 17.6 Å². The molecule has 0 spiro atoms. The maximum absolute atomic E-state index is 13.3. The number of sulfone groups is 1. The van der Waals surface area contributed by atoms with Crippen LogP contribution in [0.2, 0.25) is 0 Å². The molecule has 0 saturated carbocycles. The predicted octanol–water partition coefficient (Wildman–Crippen LogP) is 4.18. The Labute approximate surface area is 158 Å². The van der Waals surface area contributed by atoms with E-state index in [1.807, 2.05) is 13.0 Å². The first-order chi connectivity index (χ1) is 12.9. The Kier molecular flexibility index (Phi) is 5.26. The average Bonchev–Trinajstić information content (AvgIpc) is 2.68. The number of rotatable bonds is 5. The molecular weight excluding hydrogens is 362 g/mol. The molecule has 3 aromatic rings. The first-order valence-corrected chi connectivity index (χ1v) is 9.67. The van der Waals surface area contributed by atoms with E-state index in [-0.39, 0.29) is 21.1 Å². The second-order valence-electron chi connectivity index (χ2n) is 5.94. The third-order valence-corrected chi connectivity index (χ3v) is 5.86. The van der Waals surface area contributed by atoms with Crippen LogP contribution in [0.5, 0.6) is 11.5 Å². The van der Waals surface area contributed by atoms with Gasteiger partial charge in [-0.2, -0.15) is 5.26 Å². The minimum atomic E-state index is -4.03. The van der Waals surface area contributed by atoms with E-state index < -0.39 is 15.9 Å². The van der Waals surface area contributed by atoms with Crippen molar-refractivity contribution in [3.05, 3.63) is 83.9 Å². The summed E-state index contributed by atoms with van der Waals surface area (Å²) < 4.78 is 32.4. The van der Waals surface area contributed by atoms with Gasteiger partial charge in [-0.05, 0) is 37.3 Å². The molecule has 1 unspecified atom stereocenters. The molecule has 27 heavy (non-hydrogen) atoms. The SMILES string of the molecule is Cc1ccc(S(=O)(=O)c2c(Oc3ccccc3)cccc2C(O)C#N)cc1. The molecule has 3 aromatic carbocycles. The maximum Gasteiger partial charge on any atom is 0.210 e. The quantitative estimate of drug-likeness (QED) is 0.672. The van der Waals surface area contributed by atoms with Gasteiger partial charge >= 0.3 is 0 Å². The number of hydrogen-bond acceptors (Lipinski definition) is 5. The van der Waals surface area contributed by atoms with Crippen LogP contribution in [-0.4, -0.2) is 13.5 Å². The van der Waals surface area contributed by atoms with Crippen LogP contribution < -0.4 is 4.74 Å². The Morgan fingerprint density at radius 1 is 0.963 bits per heavy atom. The van der Waals surface area contributed by atoms with Crippen molar-refractivity contribution in [2.45, 2.75) is 22.8 Å². The molecule has 0 aliphatic heterocycles. The van der Waals surface area contributed by atoms with Crippen LogP contribution in [0.4, 0.5) is 0 Å². The van der Waals surface area contributed by atoms with Gasteiger partial charge in [-0.25, -0.2) is 8.42 Å². The molecule has 1 atom stereocenters. The molecule has 6 heteroatoms. The van der Waals surface area contributed by atoms with Gasteiger partial charge in [-0.15, -0.1) is 0 Å². The van der Waals surface area contributed by atoms with Crippen molar-refractivity contribution in [1.82, 2.24) is 0 Å². The van der Waals surface area contributed by atoms with Gasteiger partial charge in [0.05, 0.1) is 11.0 Å². The normalized spacial score (nSPS) is 12.2. The zero-order chi connectivity index (χ0) is 19.4. The fraction of sp³-hybridized carbons (Fsp3) is 0.0952. The highest BCUT2D eigenvalue weighted by Crippen LogP contribution is 2.37. The zero-order valence-corrected chi connectivity index (χ0v) is 15.3. The van der Waals surface area contributed by atoms with Gasteiger partial charge in [0.15, 0.2) is 6.10 Å². The lowest BCUT2D eigenvalue weighted by molar-refractivity contribution is 0.231. The second kappa shape index (κ2) is 7.62. The Hall–Kier alpha value is -3.14. The van der Waals surface area contributed by atoms with Gasteiger partial charge < -0.3 is 9.84 Å². The van der Waals surface area contributed by atoms with Gasteiger partial charge in [0.2, 0.25) is 9.84 Å². The molecule has 5 nitrogen and oxygen atoms in total. The monoisotopic (exact) mass is 379 g/mol. The number of benzene rings is 3. The molecule has 0 heterocycles. The molecule has 1 N–H and O–H groups in total. The molecule has 136 valence electrons. The summed E-state index contributed by atoms with van der Waals surface area (Å²) in [5, 5.41) is 19.2. The van der Waals surface area contributed by atoms with Crippen LogP contribution in [0, 0.1) is 18.3 Å². The van der Waals surface area contributed by atoms with E-state index in [2.05, 4.69) is 0 Å². The maximum atomic E-state index is 13.3. The van der Waals surface area contributed by atoms with Gasteiger partial charge in [-0.3, -0.25) is 0 Å². The number of aliphatic hydroxyl groups is 1. The largest absolute Gasteiger partial charge is 0.456 e. The van der Waals surface area contributed by atoms with E-state index in [0.717, 1.165) is 5.56 Å². The van der Waals surface area contributed by atoms with Crippen molar-refractivity contribution < 1.29 is 18.3 Å². The van der Waals surface area contributed by atoms with E-state index in [9.17, 15) is 13.5 Å². The van der Waals surface area contributed by atoms with E-state index in [4.69, 9.17) is 10.00 Å². The molecular formula is C21H17NO4S. The minimum Gasteiger partial charge on any atom is -0.456 e. The minimum absolute atomic E-state index is 0.0218. The Morgan fingerprint density at radius 3 is 2.26 bits per heavy atom. The highest BCUT2D eigenvalue weighted by atomic mass is 32.2. The van der Waals surface area contributed by atoms with Gasteiger partial charge in [0.25, 0.3) is 0 Å². The summed E-state index contributed by atoms with van der Waals surface area (Å²) in [6.45, 7) is 1.85. The van der Waals surface area contributed by atoms with Crippen LogP contribution in [-0.2, 0) is 9.84 Å². The summed E-state index contributed by atoms with van der Waals surface area (Å²) in [4.78, 5) is -0.157. The molecule has 0 radical (unpaired) electrons. The molecule has 0 amide bonds. The predicted molar refractivity (Wildman–Crippen MR) is 100 cm³/mol. The second-order valence-corrected chi connectivity index (χ2v) is 7.82. The van der Waals surface area contributed by atoms with Crippen LogP contribution >= 0.6 is 0 Å². The van der Waals surface area contributed by atoms with Gasteiger partial charge in [0.1, 0.15) is 16.4 Å². The Balaban J connectivity index is 2.22. The van der Waals surface area contributed by atoms with E-state index in [0.29, 0.717) is 5.75 Å². The lowest BCUT2D eigenvalue weighted by atomic mass is 10.1. The molecule has 0 bridgehead atoms. The fourth-order valence-electron chi connectivity index (χ4n) is 2.64. The van der Waals surface area contributed by atoms with E-state index in [1.54, 1.807) is 48.5 Å². The lowest BCUT2D eigenvalue weighted by Crippen LogP contribution is -2.10. The van der Waals surface area contributed by atoms with E-state index >= 15 is 0 Å². The third kappa shape index (κ3) is 3.85. The van der Waals surface area contributed by atoms with E-state index in [1.165, 1.54) is 24.3 Å².